The lowest BCUT2D eigenvalue weighted by molar-refractivity contribution is 0.758. The summed E-state index contributed by atoms with van der Waals surface area (Å²) in [5.74, 6) is 1.50. The number of hydrogen-bond donors (Lipinski definition) is 1. The van der Waals surface area contributed by atoms with Gasteiger partial charge in [-0.2, -0.15) is 4.68 Å². The number of nitrogens with two attached hydrogens (primary N) is 1. The van der Waals surface area contributed by atoms with Gasteiger partial charge in [0.15, 0.2) is 5.82 Å². The van der Waals surface area contributed by atoms with Crippen LogP contribution in [0.25, 0.3) is 5.69 Å². The molecule has 3 rings (SSSR count). The lowest BCUT2D eigenvalue weighted by atomic mass is 10.1. The molecule has 1 heterocycles. The quantitative estimate of drug-likeness (QED) is 0.796. The summed E-state index contributed by atoms with van der Waals surface area (Å²) in [7, 11) is 0. The second-order valence-electron chi connectivity index (χ2n) is 4.72. The molecule has 0 bridgehead atoms. The van der Waals surface area contributed by atoms with Gasteiger partial charge >= 0.3 is 0 Å². The fraction of sp³-hybridized carbons (Fsp3) is 0.417. The van der Waals surface area contributed by atoms with E-state index in [1.54, 1.807) is 0 Å². The summed E-state index contributed by atoms with van der Waals surface area (Å²) in [6.45, 7) is 4.03. The fourth-order valence-electron chi connectivity index (χ4n) is 2.01. The maximum absolute atomic E-state index is 5.89. The van der Waals surface area contributed by atoms with Crippen LogP contribution in [0.1, 0.15) is 35.7 Å². The summed E-state index contributed by atoms with van der Waals surface area (Å²) in [5.41, 5.74) is 9.89. The van der Waals surface area contributed by atoms with E-state index >= 15 is 0 Å². The number of rotatable bonds is 2. The number of nitrogens with zero attached hydrogens (tertiary/aromatic N) is 4. The van der Waals surface area contributed by atoms with Crippen LogP contribution in [0.3, 0.4) is 0 Å². The van der Waals surface area contributed by atoms with Crippen molar-refractivity contribution in [2.24, 2.45) is 0 Å². The molecule has 0 unspecified atom stereocenters. The molecular weight excluding hydrogens is 214 g/mol. The molecule has 1 aromatic heterocycles. The van der Waals surface area contributed by atoms with E-state index in [0.29, 0.717) is 5.92 Å². The summed E-state index contributed by atoms with van der Waals surface area (Å²) in [6.07, 6.45) is 2.38. The number of tetrazole rings is 1. The van der Waals surface area contributed by atoms with E-state index in [-0.39, 0.29) is 0 Å². The van der Waals surface area contributed by atoms with Crippen molar-refractivity contribution < 1.29 is 0 Å². The van der Waals surface area contributed by atoms with Crippen molar-refractivity contribution in [3.8, 4) is 5.69 Å². The molecule has 1 aliphatic rings. The SMILES string of the molecule is Cc1cc(-n2nnnc2C2CC2)c(C)cc1N. The predicted molar refractivity (Wildman–Crippen MR) is 65.0 cm³/mol. The average Bonchev–Trinajstić information content (AvgIpc) is 3.02. The third kappa shape index (κ3) is 1.67. The molecular formula is C12H15N5. The number of benzene rings is 1. The first-order valence-corrected chi connectivity index (χ1v) is 5.82. The lowest BCUT2D eigenvalue weighted by Crippen LogP contribution is -2.05. The monoisotopic (exact) mass is 229 g/mol. The molecule has 1 aromatic carbocycles. The second kappa shape index (κ2) is 3.55. The molecule has 2 N–H and O–H groups in total. The molecule has 0 atom stereocenters. The molecule has 1 saturated carbocycles. The molecule has 0 amide bonds. The van der Waals surface area contributed by atoms with Crippen LogP contribution in [0.4, 0.5) is 5.69 Å². The largest absolute Gasteiger partial charge is 0.399 e. The van der Waals surface area contributed by atoms with Gasteiger partial charge in [0.2, 0.25) is 0 Å². The Morgan fingerprint density at radius 3 is 2.71 bits per heavy atom. The zero-order valence-corrected chi connectivity index (χ0v) is 10.0. The van der Waals surface area contributed by atoms with Gasteiger partial charge < -0.3 is 5.73 Å². The highest BCUT2D eigenvalue weighted by atomic mass is 15.5. The Hall–Kier alpha value is -1.91. The van der Waals surface area contributed by atoms with Crippen LogP contribution in [-0.4, -0.2) is 20.2 Å². The van der Waals surface area contributed by atoms with Gasteiger partial charge in [-0.25, -0.2) is 0 Å². The van der Waals surface area contributed by atoms with E-state index in [1.807, 2.05) is 30.7 Å². The summed E-state index contributed by atoms with van der Waals surface area (Å²) in [5, 5.41) is 12.0. The van der Waals surface area contributed by atoms with Crippen molar-refractivity contribution in [1.82, 2.24) is 20.2 Å². The number of hydrogen-bond acceptors (Lipinski definition) is 4. The van der Waals surface area contributed by atoms with Gasteiger partial charge in [-0.15, -0.1) is 5.10 Å². The van der Waals surface area contributed by atoms with E-state index in [9.17, 15) is 0 Å². The molecule has 1 fully saturated rings. The minimum atomic E-state index is 0.530. The highest BCUT2D eigenvalue weighted by molar-refractivity contribution is 5.56. The zero-order chi connectivity index (χ0) is 12.0. The Morgan fingerprint density at radius 1 is 1.24 bits per heavy atom. The van der Waals surface area contributed by atoms with Gasteiger partial charge in [-0.1, -0.05) is 0 Å². The molecule has 17 heavy (non-hydrogen) atoms. The van der Waals surface area contributed by atoms with E-state index < -0.39 is 0 Å². The minimum absolute atomic E-state index is 0.530. The Labute approximate surface area is 99.6 Å². The van der Waals surface area contributed by atoms with Crippen molar-refractivity contribution in [3.63, 3.8) is 0 Å². The van der Waals surface area contributed by atoms with Crippen LogP contribution in [0.5, 0.6) is 0 Å². The fourth-order valence-corrected chi connectivity index (χ4v) is 2.01. The third-order valence-electron chi connectivity index (χ3n) is 3.25. The molecule has 5 nitrogen and oxygen atoms in total. The first-order valence-electron chi connectivity index (χ1n) is 5.82. The lowest BCUT2D eigenvalue weighted by Gasteiger charge is -2.10. The number of aryl methyl sites for hydroxylation is 2. The van der Waals surface area contributed by atoms with E-state index in [1.165, 1.54) is 12.8 Å². The average molecular weight is 229 g/mol. The Bertz CT molecular complexity index is 568. The van der Waals surface area contributed by atoms with Gasteiger partial charge in [0.25, 0.3) is 0 Å². The summed E-state index contributed by atoms with van der Waals surface area (Å²) in [6, 6.07) is 4.02. The second-order valence-corrected chi connectivity index (χ2v) is 4.72. The molecule has 5 heteroatoms. The van der Waals surface area contributed by atoms with Gasteiger partial charge in [0.1, 0.15) is 0 Å². The highest BCUT2D eigenvalue weighted by Crippen LogP contribution is 2.39. The van der Waals surface area contributed by atoms with Crippen molar-refractivity contribution >= 4 is 5.69 Å². The van der Waals surface area contributed by atoms with Gasteiger partial charge in [-0.05, 0) is 60.4 Å². The third-order valence-corrected chi connectivity index (χ3v) is 3.25. The summed E-state index contributed by atoms with van der Waals surface area (Å²) >= 11 is 0. The van der Waals surface area contributed by atoms with Gasteiger partial charge in [-0.3, -0.25) is 0 Å². The maximum atomic E-state index is 5.89. The van der Waals surface area contributed by atoms with Crippen molar-refractivity contribution in [1.29, 1.82) is 0 Å². The zero-order valence-electron chi connectivity index (χ0n) is 10.0. The first kappa shape index (κ1) is 10.3. The topological polar surface area (TPSA) is 69.6 Å². The normalized spacial score (nSPS) is 15.2. The minimum Gasteiger partial charge on any atom is -0.399 e. The van der Waals surface area contributed by atoms with Crippen LogP contribution < -0.4 is 5.73 Å². The van der Waals surface area contributed by atoms with Crippen molar-refractivity contribution in [2.75, 3.05) is 5.73 Å². The number of anilines is 1. The molecule has 0 radical (unpaired) electrons. The van der Waals surface area contributed by atoms with E-state index in [4.69, 9.17) is 5.73 Å². The first-order chi connectivity index (χ1) is 8.16. The Kier molecular flexibility index (Phi) is 2.14. The van der Waals surface area contributed by atoms with Crippen LogP contribution >= 0.6 is 0 Å². The van der Waals surface area contributed by atoms with Gasteiger partial charge in [0, 0.05) is 11.6 Å². The molecule has 1 aliphatic carbocycles. The standard InChI is InChI=1S/C12H15N5/c1-7-6-11(8(2)5-10(7)13)17-12(9-3-4-9)14-15-16-17/h5-6,9H,3-4,13H2,1-2H3. The van der Waals surface area contributed by atoms with Gasteiger partial charge in [0.05, 0.1) is 5.69 Å². The van der Waals surface area contributed by atoms with Crippen LogP contribution in [0.15, 0.2) is 12.1 Å². The van der Waals surface area contributed by atoms with E-state index in [0.717, 1.165) is 28.3 Å². The van der Waals surface area contributed by atoms with E-state index in [2.05, 4.69) is 15.5 Å². The van der Waals surface area contributed by atoms with Crippen LogP contribution in [0, 0.1) is 13.8 Å². The molecule has 0 aliphatic heterocycles. The molecule has 2 aromatic rings. The highest BCUT2D eigenvalue weighted by Gasteiger charge is 2.30. The Balaban J connectivity index is 2.14. The van der Waals surface area contributed by atoms with Crippen LogP contribution in [-0.2, 0) is 0 Å². The molecule has 0 spiro atoms. The van der Waals surface area contributed by atoms with Crippen molar-refractivity contribution in [3.05, 3.63) is 29.1 Å². The summed E-state index contributed by atoms with van der Waals surface area (Å²) < 4.78 is 1.85. The Morgan fingerprint density at radius 2 is 2.00 bits per heavy atom. The molecule has 0 saturated heterocycles. The maximum Gasteiger partial charge on any atom is 0.159 e. The smallest absolute Gasteiger partial charge is 0.159 e. The van der Waals surface area contributed by atoms with Crippen LogP contribution in [0.2, 0.25) is 0 Å². The van der Waals surface area contributed by atoms with Crippen molar-refractivity contribution in [2.45, 2.75) is 32.6 Å². The number of aromatic nitrogens is 4. The number of nitrogen functional groups attached to an aromatic ring is 1. The summed E-state index contributed by atoms with van der Waals surface area (Å²) in [4.78, 5) is 0. The predicted octanol–water partition coefficient (Wildman–Crippen LogP) is 1.74. The molecule has 88 valence electrons.